The highest BCUT2D eigenvalue weighted by Crippen LogP contribution is 2.19. The third-order valence-electron chi connectivity index (χ3n) is 1.70. The van der Waals surface area contributed by atoms with Crippen molar-refractivity contribution in [2.45, 2.75) is 32.4 Å². The summed E-state index contributed by atoms with van der Waals surface area (Å²) in [4.78, 5) is 0. The molecule has 0 aromatic heterocycles. The number of rotatable bonds is 3. The summed E-state index contributed by atoms with van der Waals surface area (Å²) in [7, 11) is 0. The second-order valence-electron chi connectivity index (χ2n) is 3.90. The molecule has 2 atom stereocenters. The molecule has 72 valence electrons. The van der Waals surface area contributed by atoms with Gasteiger partial charge in [-0.25, -0.2) is 4.31 Å². The molecule has 1 heterocycles. The van der Waals surface area contributed by atoms with Gasteiger partial charge in [0, 0.05) is 23.4 Å². The lowest BCUT2D eigenvalue weighted by Gasteiger charge is -2.35. The summed E-state index contributed by atoms with van der Waals surface area (Å²) >= 11 is -2.15. The average molecular weight is 192 g/mol. The molecule has 2 unspecified atom stereocenters. The molecule has 5 heteroatoms. The first-order chi connectivity index (χ1) is 5.41. The van der Waals surface area contributed by atoms with Crippen LogP contribution in [-0.4, -0.2) is 37.9 Å². The molecule has 1 rings (SSSR count). The molecule has 4 nitrogen and oxygen atoms in total. The van der Waals surface area contributed by atoms with E-state index in [2.05, 4.69) is 0 Å². The fraction of sp³-hybridized carbons (Fsp3) is 1.00. The van der Waals surface area contributed by atoms with Gasteiger partial charge in [0.1, 0.15) is 0 Å². The molecule has 0 bridgehead atoms. The summed E-state index contributed by atoms with van der Waals surface area (Å²) in [6.45, 7) is 6.75. The standard InChI is InChI=1S/C7H15NO3S/c1-7(2,3)8(12(9)10)4-6-5-11-6/h6H,4-5H2,1-3H3,(H,9,10)/p-1. The number of epoxide rings is 1. The third kappa shape index (κ3) is 2.82. The first kappa shape index (κ1) is 10.1. The minimum atomic E-state index is -2.15. The molecular weight excluding hydrogens is 178 g/mol. The van der Waals surface area contributed by atoms with E-state index >= 15 is 0 Å². The Kier molecular flexibility index (Phi) is 2.88. The lowest BCUT2D eigenvalue weighted by atomic mass is 10.1. The zero-order valence-corrected chi connectivity index (χ0v) is 8.39. The Morgan fingerprint density at radius 3 is 2.42 bits per heavy atom. The van der Waals surface area contributed by atoms with E-state index in [9.17, 15) is 8.76 Å². The van der Waals surface area contributed by atoms with Crippen LogP contribution in [-0.2, 0) is 16.0 Å². The van der Waals surface area contributed by atoms with Crippen LogP contribution in [0.2, 0.25) is 0 Å². The Bertz CT molecular complexity index is 186. The SMILES string of the molecule is CC(C)(C)N(CC1CO1)S(=O)[O-]. The normalized spacial score (nSPS) is 25.9. The first-order valence-electron chi connectivity index (χ1n) is 3.90. The average Bonchev–Trinajstić information content (AvgIpc) is 2.61. The predicted octanol–water partition coefficient (Wildman–Crippen LogP) is 0.280. The van der Waals surface area contributed by atoms with Crippen LogP contribution in [0.15, 0.2) is 0 Å². The molecule has 0 radical (unpaired) electrons. The molecule has 0 amide bonds. The van der Waals surface area contributed by atoms with Crippen LogP contribution in [0.5, 0.6) is 0 Å². The number of nitrogens with zero attached hydrogens (tertiary/aromatic N) is 1. The molecule has 1 fully saturated rings. The third-order valence-corrected chi connectivity index (χ3v) is 2.76. The van der Waals surface area contributed by atoms with Crippen LogP contribution in [0.1, 0.15) is 20.8 Å². The maximum atomic E-state index is 10.8. The summed E-state index contributed by atoms with van der Waals surface area (Å²) in [5.41, 5.74) is -0.349. The Balaban J connectivity index is 2.53. The quantitative estimate of drug-likeness (QED) is 0.476. The molecule has 0 spiro atoms. The highest BCUT2D eigenvalue weighted by Gasteiger charge is 2.31. The van der Waals surface area contributed by atoms with E-state index in [0.29, 0.717) is 13.2 Å². The van der Waals surface area contributed by atoms with Crippen molar-refractivity contribution >= 4 is 11.3 Å². The van der Waals surface area contributed by atoms with Crippen molar-refractivity contribution in [2.24, 2.45) is 0 Å². The van der Waals surface area contributed by atoms with Crippen LogP contribution in [0.4, 0.5) is 0 Å². The minimum absolute atomic E-state index is 0.113. The van der Waals surface area contributed by atoms with E-state index in [1.54, 1.807) is 0 Å². The van der Waals surface area contributed by atoms with Gasteiger partial charge in [-0.2, -0.15) is 0 Å². The zero-order chi connectivity index (χ0) is 9.35. The minimum Gasteiger partial charge on any atom is -0.760 e. The van der Waals surface area contributed by atoms with Crippen molar-refractivity contribution in [3.05, 3.63) is 0 Å². The van der Waals surface area contributed by atoms with Crippen molar-refractivity contribution in [1.82, 2.24) is 4.31 Å². The highest BCUT2D eigenvalue weighted by molar-refractivity contribution is 7.76. The van der Waals surface area contributed by atoms with Gasteiger partial charge >= 0.3 is 0 Å². The summed E-state index contributed by atoms with van der Waals surface area (Å²) in [6, 6.07) is 0. The molecule has 1 aliphatic rings. The van der Waals surface area contributed by atoms with E-state index in [4.69, 9.17) is 4.74 Å². The molecule has 0 aliphatic carbocycles. The molecular formula is C7H14NO3S-. The van der Waals surface area contributed by atoms with E-state index in [1.807, 2.05) is 20.8 Å². The lowest BCUT2D eigenvalue weighted by molar-refractivity contribution is 0.221. The second-order valence-corrected chi connectivity index (χ2v) is 4.78. The molecule has 0 aromatic rings. The molecule has 0 saturated carbocycles. The monoisotopic (exact) mass is 192 g/mol. The Morgan fingerprint density at radius 1 is 1.67 bits per heavy atom. The van der Waals surface area contributed by atoms with Gasteiger partial charge in [0.25, 0.3) is 0 Å². The fourth-order valence-electron chi connectivity index (χ4n) is 0.917. The summed E-state index contributed by atoms with van der Waals surface area (Å²) < 4.78 is 27.9. The molecule has 0 aromatic carbocycles. The lowest BCUT2D eigenvalue weighted by Crippen LogP contribution is -2.44. The van der Waals surface area contributed by atoms with Gasteiger partial charge in [-0.05, 0) is 20.8 Å². The van der Waals surface area contributed by atoms with Crippen molar-refractivity contribution in [1.29, 1.82) is 0 Å². The smallest absolute Gasteiger partial charge is 0.0946 e. The summed E-state index contributed by atoms with van der Waals surface area (Å²) in [6.07, 6.45) is 0.113. The fourth-order valence-corrected chi connectivity index (χ4v) is 1.65. The van der Waals surface area contributed by atoms with Crippen molar-refractivity contribution in [3.8, 4) is 0 Å². The van der Waals surface area contributed by atoms with Gasteiger partial charge < -0.3 is 9.29 Å². The van der Waals surface area contributed by atoms with Crippen molar-refractivity contribution < 1.29 is 13.5 Å². The van der Waals surface area contributed by atoms with E-state index < -0.39 is 11.3 Å². The number of hydrogen-bond donors (Lipinski definition) is 0. The molecule has 12 heavy (non-hydrogen) atoms. The van der Waals surface area contributed by atoms with Gasteiger partial charge in [-0.1, -0.05) is 0 Å². The molecule has 1 aliphatic heterocycles. The van der Waals surface area contributed by atoms with Crippen LogP contribution >= 0.6 is 0 Å². The van der Waals surface area contributed by atoms with Gasteiger partial charge in [0.05, 0.1) is 12.7 Å². The maximum absolute atomic E-state index is 10.8. The summed E-state index contributed by atoms with van der Waals surface area (Å²) in [5, 5.41) is 0. The predicted molar refractivity (Wildman–Crippen MR) is 45.1 cm³/mol. The van der Waals surface area contributed by atoms with E-state index in [0.717, 1.165) is 0 Å². The van der Waals surface area contributed by atoms with Crippen LogP contribution in [0.3, 0.4) is 0 Å². The zero-order valence-electron chi connectivity index (χ0n) is 7.57. The second kappa shape index (κ2) is 3.41. The summed E-state index contributed by atoms with van der Waals surface area (Å²) in [5.74, 6) is 0. The highest BCUT2D eigenvalue weighted by atomic mass is 32.2. The van der Waals surface area contributed by atoms with Crippen molar-refractivity contribution in [3.63, 3.8) is 0 Å². The Labute approximate surface area is 75.3 Å². The Morgan fingerprint density at radius 2 is 2.17 bits per heavy atom. The van der Waals surface area contributed by atoms with Crippen LogP contribution in [0, 0.1) is 0 Å². The van der Waals surface area contributed by atoms with Gasteiger partial charge in [0.15, 0.2) is 0 Å². The van der Waals surface area contributed by atoms with Gasteiger partial charge in [0.2, 0.25) is 0 Å². The topological polar surface area (TPSA) is 55.9 Å². The molecule has 0 N–H and O–H groups in total. The van der Waals surface area contributed by atoms with E-state index in [1.165, 1.54) is 4.31 Å². The van der Waals surface area contributed by atoms with Crippen molar-refractivity contribution in [2.75, 3.05) is 13.2 Å². The molecule has 1 saturated heterocycles. The largest absolute Gasteiger partial charge is 0.760 e. The number of ether oxygens (including phenoxy) is 1. The van der Waals surface area contributed by atoms with Crippen LogP contribution in [0.25, 0.3) is 0 Å². The first-order valence-corrected chi connectivity index (χ1v) is 4.93. The van der Waals surface area contributed by atoms with Crippen LogP contribution < -0.4 is 0 Å². The van der Waals surface area contributed by atoms with Gasteiger partial charge in [-0.3, -0.25) is 4.21 Å². The van der Waals surface area contributed by atoms with E-state index in [-0.39, 0.29) is 11.6 Å². The number of hydrogen-bond acceptors (Lipinski definition) is 3. The van der Waals surface area contributed by atoms with Gasteiger partial charge in [-0.15, -0.1) is 0 Å². The Hall–Kier alpha value is 0.0300. The maximum Gasteiger partial charge on any atom is 0.0946 e.